The van der Waals surface area contributed by atoms with Crippen LogP contribution in [0.25, 0.3) is 22.8 Å². The van der Waals surface area contributed by atoms with Gasteiger partial charge in [-0.1, -0.05) is 63.0 Å². The number of hydrogen-bond donors (Lipinski definition) is 0. The van der Waals surface area contributed by atoms with Crippen molar-refractivity contribution in [2.75, 3.05) is 0 Å². The number of hydrogen-bond acceptors (Lipinski definition) is 6. The Labute approximate surface area is 189 Å². The number of halogens is 3. The summed E-state index contributed by atoms with van der Waals surface area (Å²) in [5.74, 6) is 2.12. The molecule has 0 unspecified atom stereocenters. The molecule has 2 heterocycles. The average molecular weight is 511 g/mol. The Hall–Kier alpha value is -1.87. The van der Waals surface area contributed by atoms with Crippen molar-refractivity contribution < 1.29 is 4.42 Å². The first-order valence-corrected chi connectivity index (χ1v) is 11.2. The molecule has 0 fully saturated rings. The average Bonchev–Trinajstić information content (AvgIpc) is 3.33. The molecule has 0 N–H and O–H groups in total. The Morgan fingerprint density at radius 1 is 1.03 bits per heavy atom. The SMILES string of the molecule is CCn1c(SCc2nnc(-c3ccc(Cl)cc3Cl)o2)nnc1-c1ccc(Br)cc1. The monoisotopic (exact) mass is 509 g/mol. The number of rotatable bonds is 6. The molecular weight excluding hydrogens is 497 g/mol. The van der Waals surface area contributed by atoms with E-state index in [-0.39, 0.29) is 0 Å². The van der Waals surface area contributed by atoms with Crippen molar-refractivity contribution in [1.82, 2.24) is 25.0 Å². The van der Waals surface area contributed by atoms with Crippen molar-refractivity contribution in [3.8, 4) is 22.8 Å². The summed E-state index contributed by atoms with van der Waals surface area (Å²) in [4.78, 5) is 0. The van der Waals surface area contributed by atoms with Crippen LogP contribution >= 0.6 is 50.9 Å². The zero-order chi connectivity index (χ0) is 20.4. The van der Waals surface area contributed by atoms with E-state index in [2.05, 4.69) is 47.8 Å². The van der Waals surface area contributed by atoms with Crippen LogP contribution in [-0.4, -0.2) is 25.0 Å². The van der Waals surface area contributed by atoms with E-state index < -0.39 is 0 Å². The van der Waals surface area contributed by atoms with Crippen molar-refractivity contribution in [3.05, 3.63) is 62.9 Å². The van der Waals surface area contributed by atoms with Crippen LogP contribution in [0.15, 0.2) is 56.5 Å². The van der Waals surface area contributed by atoms with Gasteiger partial charge >= 0.3 is 0 Å². The first-order valence-electron chi connectivity index (χ1n) is 8.65. The first kappa shape index (κ1) is 20.4. The van der Waals surface area contributed by atoms with Gasteiger partial charge in [-0.05, 0) is 37.3 Å². The van der Waals surface area contributed by atoms with Crippen LogP contribution in [0.2, 0.25) is 10.0 Å². The summed E-state index contributed by atoms with van der Waals surface area (Å²) >= 11 is 17.1. The van der Waals surface area contributed by atoms with Crippen LogP contribution < -0.4 is 0 Å². The summed E-state index contributed by atoms with van der Waals surface area (Å²) in [6.45, 7) is 2.80. The normalized spacial score (nSPS) is 11.2. The second-order valence-electron chi connectivity index (χ2n) is 5.97. The molecule has 0 aliphatic rings. The molecule has 0 saturated carbocycles. The predicted molar refractivity (Wildman–Crippen MR) is 118 cm³/mol. The summed E-state index contributed by atoms with van der Waals surface area (Å²) < 4.78 is 8.83. The summed E-state index contributed by atoms with van der Waals surface area (Å²) in [6.07, 6.45) is 0. The molecule has 0 amide bonds. The van der Waals surface area contributed by atoms with E-state index in [9.17, 15) is 0 Å². The van der Waals surface area contributed by atoms with Crippen LogP contribution in [0, 0.1) is 0 Å². The van der Waals surface area contributed by atoms with Crippen LogP contribution in [-0.2, 0) is 12.3 Å². The zero-order valence-electron chi connectivity index (χ0n) is 15.1. The van der Waals surface area contributed by atoms with Gasteiger partial charge < -0.3 is 8.98 Å². The van der Waals surface area contributed by atoms with Crippen LogP contribution in [0.1, 0.15) is 12.8 Å². The fourth-order valence-corrected chi connectivity index (χ4v) is 4.30. The predicted octanol–water partition coefficient (Wildman–Crippen LogP) is 6.38. The van der Waals surface area contributed by atoms with Gasteiger partial charge in [0.2, 0.25) is 11.8 Å². The molecule has 2 aromatic heterocycles. The Morgan fingerprint density at radius 2 is 1.83 bits per heavy atom. The summed E-state index contributed by atoms with van der Waals surface area (Å²) in [7, 11) is 0. The topological polar surface area (TPSA) is 69.6 Å². The van der Waals surface area contributed by atoms with Gasteiger partial charge in [-0.15, -0.1) is 20.4 Å². The van der Waals surface area contributed by atoms with Crippen LogP contribution in [0.3, 0.4) is 0 Å². The standard InChI is InChI=1S/C19H14BrCl2N5OS/c1-2-27-17(11-3-5-12(20)6-4-11)24-26-19(27)29-10-16-23-25-18(28-16)14-8-7-13(21)9-15(14)22/h3-9H,2,10H2,1H3. The quantitative estimate of drug-likeness (QED) is 0.280. The Morgan fingerprint density at radius 3 is 2.55 bits per heavy atom. The van der Waals surface area contributed by atoms with E-state index >= 15 is 0 Å². The highest BCUT2D eigenvalue weighted by atomic mass is 79.9. The minimum Gasteiger partial charge on any atom is -0.420 e. The number of aromatic nitrogens is 5. The largest absolute Gasteiger partial charge is 0.420 e. The lowest BCUT2D eigenvalue weighted by Gasteiger charge is -2.06. The fourth-order valence-electron chi connectivity index (χ4n) is 2.70. The van der Waals surface area contributed by atoms with Gasteiger partial charge in [0.05, 0.1) is 16.3 Å². The molecule has 0 aliphatic carbocycles. The van der Waals surface area contributed by atoms with E-state index in [4.69, 9.17) is 27.6 Å². The van der Waals surface area contributed by atoms with Gasteiger partial charge in [-0.2, -0.15) is 0 Å². The molecule has 148 valence electrons. The van der Waals surface area contributed by atoms with Gasteiger partial charge in [0, 0.05) is 21.6 Å². The molecule has 0 saturated heterocycles. The van der Waals surface area contributed by atoms with Crippen molar-refractivity contribution in [1.29, 1.82) is 0 Å². The Balaban J connectivity index is 1.51. The maximum atomic E-state index is 6.21. The fraction of sp³-hybridized carbons (Fsp3) is 0.158. The minimum atomic E-state index is 0.356. The van der Waals surface area contributed by atoms with Crippen molar-refractivity contribution in [2.45, 2.75) is 24.4 Å². The zero-order valence-corrected chi connectivity index (χ0v) is 19.1. The molecule has 0 bridgehead atoms. The third-order valence-electron chi connectivity index (χ3n) is 4.09. The molecular formula is C19H14BrCl2N5OS. The number of nitrogens with zero attached hydrogens (tertiary/aromatic N) is 5. The highest BCUT2D eigenvalue weighted by Gasteiger charge is 2.16. The highest BCUT2D eigenvalue weighted by Crippen LogP contribution is 2.31. The molecule has 4 rings (SSSR count). The lowest BCUT2D eigenvalue weighted by Crippen LogP contribution is -1.99. The molecule has 6 nitrogen and oxygen atoms in total. The van der Waals surface area contributed by atoms with Crippen molar-refractivity contribution in [3.63, 3.8) is 0 Å². The van der Waals surface area contributed by atoms with Gasteiger partial charge in [-0.25, -0.2) is 0 Å². The molecule has 4 aromatic rings. The highest BCUT2D eigenvalue weighted by molar-refractivity contribution is 9.10. The molecule has 2 aromatic carbocycles. The Kier molecular flexibility index (Phi) is 6.24. The lowest BCUT2D eigenvalue weighted by molar-refractivity contribution is 0.528. The number of thioether (sulfide) groups is 1. The molecule has 0 spiro atoms. The molecule has 0 aliphatic heterocycles. The molecule has 10 heteroatoms. The lowest BCUT2D eigenvalue weighted by atomic mass is 10.2. The maximum Gasteiger partial charge on any atom is 0.249 e. The molecule has 29 heavy (non-hydrogen) atoms. The van der Waals surface area contributed by atoms with E-state index in [0.29, 0.717) is 33.1 Å². The second kappa shape index (κ2) is 8.87. The summed E-state index contributed by atoms with van der Waals surface area (Å²) in [5.41, 5.74) is 1.65. The molecule has 0 radical (unpaired) electrons. The molecule has 0 atom stereocenters. The van der Waals surface area contributed by atoms with Crippen molar-refractivity contribution >= 4 is 50.9 Å². The maximum absolute atomic E-state index is 6.21. The first-order chi connectivity index (χ1) is 14.0. The third kappa shape index (κ3) is 4.50. The van der Waals surface area contributed by atoms with Gasteiger partial charge in [0.25, 0.3) is 0 Å². The van der Waals surface area contributed by atoms with E-state index in [1.807, 2.05) is 24.3 Å². The van der Waals surface area contributed by atoms with E-state index in [0.717, 1.165) is 27.6 Å². The van der Waals surface area contributed by atoms with Gasteiger partial charge in [0.1, 0.15) is 0 Å². The van der Waals surface area contributed by atoms with Crippen LogP contribution in [0.5, 0.6) is 0 Å². The van der Waals surface area contributed by atoms with Crippen molar-refractivity contribution in [2.24, 2.45) is 0 Å². The van der Waals surface area contributed by atoms with E-state index in [1.165, 1.54) is 11.8 Å². The minimum absolute atomic E-state index is 0.356. The summed E-state index contributed by atoms with van der Waals surface area (Å²) in [5, 5.41) is 18.7. The van der Waals surface area contributed by atoms with Gasteiger partial charge in [-0.3, -0.25) is 0 Å². The van der Waals surface area contributed by atoms with Gasteiger partial charge in [0.15, 0.2) is 11.0 Å². The smallest absolute Gasteiger partial charge is 0.249 e. The third-order valence-corrected chi connectivity index (χ3v) is 6.12. The Bertz CT molecular complexity index is 1150. The number of benzene rings is 2. The summed E-state index contributed by atoms with van der Waals surface area (Å²) in [6, 6.07) is 13.1. The van der Waals surface area contributed by atoms with E-state index in [1.54, 1.807) is 18.2 Å². The second-order valence-corrected chi connectivity index (χ2v) is 8.67. The van der Waals surface area contributed by atoms with Crippen LogP contribution in [0.4, 0.5) is 0 Å².